The Morgan fingerprint density at radius 2 is 1.75 bits per heavy atom. The van der Waals surface area contributed by atoms with E-state index in [1.165, 1.54) is 6.07 Å². The molecule has 0 spiro atoms. The maximum Gasteiger partial charge on any atom is 0.124 e. The van der Waals surface area contributed by atoms with Crippen molar-refractivity contribution in [1.29, 1.82) is 0 Å². The molecule has 28 heavy (non-hydrogen) atoms. The van der Waals surface area contributed by atoms with E-state index >= 15 is 0 Å². The zero-order valence-corrected chi connectivity index (χ0v) is 15.1. The SMILES string of the molecule is OOOSc1cc(O)c2ccc(-n3nc4ccc5ccccc5c4n3)cc2c1. The topological polar surface area (TPSA) is 89.6 Å². The first-order valence-corrected chi connectivity index (χ1v) is 9.14. The lowest BCUT2D eigenvalue weighted by atomic mass is 10.1. The van der Waals surface area contributed by atoms with Gasteiger partial charge < -0.3 is 5.11 Å². The van der Waals surface area contributed by atoms with Gasteiger partial charge in [0, 0.05) is 15.7 Å². The van der Waals surface area contributed by atoms with Gasteiger partial charge >= 0.3 is 0 Å². The Hall–Kier alpha value is -3.17. The van der Waals surface area contributed by atoms with E-state index in [1.54, 1.807) is 10.9 Å². The predicted octanol–water partition coefficient (Wildman–Crippen LogP) is 4.86. The average molecular weight is 391 g/mol. The van der Waals surface area contributed by atoms with Gasteiger partial charge in [0.25, 0.3) is 0 Å². The molecule has 0 radical (unpaired) electrons. The number of benzene rings is 4. The largest absolute Gasteiger partial charge is 0.507 e. The summed E-state index contributed by atoms with van der Waals surface area (Å²) < 4.78 is 4.45. The quantitative estimate of drug-likeness (QED) is 0.257. The molecule has 2 N–H and O–H groups in total. The molecule has 5 aromatic rings. The lowest BCUT2D eigenvalue weighted by Gasteiger charge is -2.06. The van der Waals surface area contributed by atoms with Crippen molar-refractivity contribution in [3.8, 4) is 11.4 Å². The van der Waals surface area contributed by atoms with Crippen LogP contribution in [0.3, 0.4) is 0 Å². The fourth-order valence-electron chi connectivity index (χ4n) is 3.30. The van der Waals surface area contributed by atoms with E-state index in [9.17, 15) is 5.11 Å². The van der Waals surface area contributed by atoms with Crippen molar-refractivity contribution in [3.05, 3.63) is 66.7 Å². The zero-order valence-electron chi connectivity index (χ0n) is 14.3. The third kappa shape index (κ3) is 2.85. The highest BCUT2D eigenvalue weighted by Crippen LogP contribution is 2.33. The number of hydrogen-bond acceptors (Lipinski definition) is 7. The second kappa shape index (κ2) is 6.77. The lowest BCUT2D eigenvalue weighted by Crippen LogP contribution is -1.98. The molecule has 1 heterocycles. The molecule has 8 heteroatoms. The number of fused-ring (bicyclic) bond motifs is 4. The number of phenolic OH excluding ortho intramolecular Hbond substituents is 1. The van der Waals surface area contributed by atoms with Crippen molar-refractivity contribution in [2.24, 2.45) is 0 Å². The molecule has 138 valence electrons. The molecule has 0 saturated carbocycles. The maximum atomic E-state index is 10.2. The Morgan fingerprint density at radius 3 is 2.64 bits per heavy atom. The van der Waals surface area contributed by atoms with Gasteiger partial charge in [0.1, 0.15) is 16.8 Å². The highest BCUT2D eigenvalue weighted by atomic mass is 32.2. The van der Waals surface area contributed by atoms with Crippen LogP contribution < -0.4 is 0 Å². The van der Waals surface area contributed by atoms with E-state index in [4.69, 9.17) is 5.26 Å². The fraction of sp³-hybridized carbons (Fsp3) is 0. The minimum atomic E-state index is 0.0951. The van der Waals surface area contributed by atoms with E-state index in [0.29, 0.717) is 10.3 Å². The van der Waals surface area contributed by atoms with E-state index in [2.05, 4.69) is 19.6 Å². The Bertz CT molecular complexity index is 1340. The van der Waals surface area contributed by atoms with Crippen molar-refractivity contribution < 1.29 is 19.7 Å². The molecule has 0 aliphatic heterocycles. The molecule has 0 aliphatic carbocycles. The second-order valence-electron chi connectivity index (χ2n) is 6.22. The second-order valence-corrected chi connectivity index (χ2v) is 6.99. The number of aromatic nitrogens is 3. The van der Waals surface area contributed by atoms with Gasteiger partial charge in [-0.25, -0.2) is 5.26 Å². The predicted molar refractivity (Wildman–Crippen MR) is 106 cm³/mol. The van der Waals surface area contributed by atoms with Gasteiger partial charge in [-0.05, 0) is 47.2 Å². The molecular formula is C20H13N3O4S. The molecule has 0 fully saturated rings. The van der Waals surface area contributed by atoms with E-state index < -0.39 is 0 Å². The normalized spacial score (nSPS) is 11.6. The monoisotopic (exact) mass is 391 g/mol. The summed E-state index contributed by atoms with van der Waals surface area (Å²) in [5.74, 6) is 0.0951. The van der Waals surface area contributed by atoms with Crippen LogP contribution >= 0.6 is 12.0 Å². The molecule has 5 rings (SSSR count). The van der Waals surface area contributed by atoms with Gasteiger partial charge in [0.2, 0.25) is 0 Å². The van der Waals surface area contributed by atoms with Crippen LogP contribution in [0.15, 0.2) is 71.6 Å². The summed E-state index contributed by atoms with van der Waals surface area (Å²) in [6.45, 7) is 0. The summed E-state index contributed by atoms with van der Waals surface area (Å²) in [5, 5.41) is 35.0. The summed E-state index contributed by atoms with van der Waals surface area (Å²) in [6.07, 6.45) is 0. The van der Waals surface area contributed by atoms with Crippen molar-refractivity contribution in [2.75, 3.05) is 0 Å². The minimum absolute atomic E-state index is 0.0951. The molecule has 4 aromatic carbocycles. The molecule has 0 saturated heterocycles. The number of hydrogen-bond donors (Lipinski definition) is 2. The minimum Gasteiger partial charge on any atom is -0.507 e. The molecule has 1 aromatic heterocycles. The standard InChI is InChI=1S/C20H13N3O4S/c24-19-11-15(28-27-26-25)10-13-9-14(6-7-16(13)19)23-21-18-8-5-12-3-1-2-4-17(12)20(18)22-23/h1-11,24-25H. The van der Waals surface area contributed by atoms with Crippen LogP contribution in [-0.2, 0) is 9.37 Å². The summed E-state index contributed by atoms with van der Waals surface area (Å²) in [4.78, 5) is 2.15. The van der Waals surface area contributed by atoms with Crippen LogP contribution in [0.2, 0.25) is 0 Å². The molecule has 0 unspecified atom stereocenters. The van der Waals surface area contributed by atoms with Gasteiger partial charge in [0.15, 0.2) is 0 Å². The molecule has 0 amide bonds. The van der Waals surface area contributed by atoms with Crippen molar-refractivity contribution >= 4 is 44.6 Å². The Morgan fingerprint density at radius 1 is 0.857 bits per heavy atom. The summed E-state index contributed by atoms with van der Waals surface area (Å²) in [5.41, 5.74) is 2.40. The van der Waals surface area contributed by atoms with Crippen LogP contribution in [0, 0.1) is 0 Å². The lowest BCUT2D eigenvalue weighted by molar-refractivity contribution is -0.432. The molecular weight excluding hydrogens is 378 g/mol. The first-order valence-electron chi connectivity index (χ1n) is 8.40. The molecule has 0 atom stereocenters. The van der Waals surface area contributed by atoms with Crippen LogP contribution in [0.25, 0.3) is 38.3 Å². The van der Waals surface area contributed by atoms with Crippen molar-refractivity contribution in [1.82, 2.24) is 15.0 Å². The van der Waals surface area contributed by atoms with E-state index in [-0.39, 0.29) is 5.75 Å². The summed E-state index contributed by atoms with van der Waals surface area (Å²) >= 11 is 0.786. The number of rotatable bonds is 4. The van der Waals surface area contributed by atoms with Gasteiger partial charge in [-0.15, -0.1) is 14.5 Å². The van der Waals surface area contributed by atoms with Crippen LogP contribution in [0.4, 0.5) is 0 Å². The Labute approximate surface area is 162 Å². The molecule has 0 aliphatic rings. The van der Waals surface area contributed by atoms with Crippen molar-refractivity contribution in [2.45, 2.75) is 4.90 Å². The highest BCUT2D eigenvalue weighted by molar-refractivity contribution is 7.94. The number of phenols is 1. The van der Waals surface area contributed by atoms with Crippen LogP contribution in [0.5, 0.6) is 5.75 Å². The summed E-state index contributed by atoms with van der Waals surface area (Å²) in [7, 11) is 0. The Kier molecular flexibility index (Phi) is 4.10. The first kappa shape index (κ1) is 17.0. The van der Waals surface area contributed by atoms with E-state index in [1.807, 2.05) is 54.6 Å². The summed E-state index contributed by atoms with van der Waals surface area (Å²) in [6, 6.07) is 20.9. The number of nitrogens with zero attached hydrogens (tertiary/aromatic N) is 3. The van der Waals surface area contributed by atoms with Gasteiger partial charge in [-0.1, -0.05) is 35.4 Å². The molecule has 7 nitrogen and oxygen atoms in total. The van der Waals surface area contributed by atoms with Gasteiger partial charge in [-0.3, -0.25) is 0 Å². The van der Waals surface area contributed by atoms with E-state index in [0.717, 1.165) is 44.9 Å². The van der Waals surface area contributed by atoms with Gasteiger partial charge in [-0.2, -0.15) is 4.80 Å². The third-order valence-corrected chi connectivity index (χ3v) is 5.11. The number of aromatic hydroxyl groups is 1. The Balaban J connectivity index is 1.65. The molecule has 0 bridgehead atoms. The van der Waals surface area contributed by atoms with Crippen molar-refractivity contribution in [3.63, 3.8) is 0 Å². The fourth-order valence-corrected chi connectivity index (χ4v) is 3.75. The zero-order chi connectivity index (χ0) is 19.1. The van der Waals surface area contributed by atoms with Crippen LogP contribution in [-0.4, -0.2) is 25.4 Å². The first-order chi connectivity index (χ1) is 13.7. The average Bonchev–Trinajstić information content (AvgIpc) is 3.17. The smallest absolute Gasteiger partial charge is 0.124 e. The van der Waals surface area contributed by atoms with Crippen LogP contribution in [0.1, 0.15) is 0 Å². The highest BCUT2D eigenvalue weighted by Gasteiger charge is 2.11. The maximum absolute atomic E-state index is 10.2. The van der Waals surface area contributed by atoms with Gasteiger partial charge in [0.05, 0.1) is 17.7 Å². The third-order valence-electron chi connectivity index (χ3n) is 4.56.